The number of anilines is 1. The van der Waals surface area contributed by atoms with Crippen molar-refractivity contribution in [2.24, 2.45) is 0 Å². The number of methoxy groups -OCH3 is 1. The van der Waals surface area contributed by atoms with Gasteiger partial charge in [0.25, 0.3) is 0 Å². The standard InChI is InChI=1S/C29H35N3O5S/c1-5-30-29(34)27(18-23-10-7-6-8-11-23)31(20-24-16-14-22(2)15-17-24)28(33)21-32(38(4,35)36)25-12-9-13-26(19-25)37-3/h6-17,19,27H,5,18,20-21H2,1-4H3,(H,30,34). The lowest BCUT2D eigenvalue weighted by Gasteiger charge is -2.33. The van der Waals surface area contributed by atoms with Crippen LogP contribution in [-0.2, 0) is 32.6 Å². The fourth-order valence-corrected chi connectivity index (χ4v) is 4.96. The summed E-state index contributed by atoms with van der Waals surface area (Å²) in [5.41, 5.74) is 3.09. The topological polar surface area (TPSA) is 96.0 Å². The van der Waals surface area contributed by atoms with Crippen molar-refractivity contribution in [3.63, 3.8) is 0 Å². The van der Waals surface area contributed by atoms with Crippen LogP contribution in [0.3, 0.4) is 0 Å². The van der Waals surface area contributed by atoms with Crippen LogP contribution in [0.2, 0.25) is 0 Å². The normalized spacial score (nSPS) is 11.9. The number of benzene rings is 3. The zero-order valence-electron chi connectivity index (χ0n) is 22.3. The number of carbonyl (C=O) groups excluding carboxylic acids is 2. The van der Waals surface area contributed by atoms with Crippen LogP contribution in [0.1, 0.15) is 23.6 Å². The minimum atomic E-state index is -3.84. The van der Waals surface area contributed by atoms with Crippen molar-refractivity contribution >= 4 is 27.5 Å². The van der Waals surface area contributed by atoms with Gasteiger partial charge in [-0.25, -0.2) is 8.42 Å². The highest BCUT2D eigenvalue weighted by Gasteiger charge is 2.32. The molecule has 0 radical (unpaired) electrons. The maximum absolute atomic E-state index is 13.9. The zero-order chi connectivity index (χ0) is 27.7. The van der Waals surface area contributed by atoms with E-state index in [0.29, 0.717) is 18.0 Å². The van der Waals surface area contributed by atoms with Crippen LogP contribution < -0.4 is 14.4 Å². The Balaban J connectivity index is 2.03. The molecule has 38 heavy (non-hydrogen) atoms. The van der Waals surface area contributed by atoms with Gasteiger partial charge in [-0.2, -0.15) is 0 Å². The van der Waals surface area contributed by atoms with Gasteiger partial charge in [0.1, 0.15) is 18.3 Å². The molecular weight excluding hydrogens is 502 g/mol. The van der Waals surface area contributed by atoms with Gasteiger partial charge in [0, 0.05) is 25.6 Å². The first-order valence-corrected chi connectivity index (χ1v) is 14.3. The lowest BCUT2D eigenvalue weighted by molar-refractivity contribution is -0.140. The predicted molar refractivity (Wildman–Crippen MR) is 150 cm³/mol. The molecule has 0 bridgehead atoms. The Kier molecular flexibility index (Phi) is 9.90. The summed E-state index contributed by atoms with van der Waals surface area (Å²) in [6, 6.07) is 22.8. The monoisotopic (exact) mass is 537 g/mol. The van der Waals surface area contributed by atoms with Crippen LogP contribution in [0.4, 0.5) is 5.69 Å². The van der Waals surface area contributed by atoms with E-state index in [1.165, 1.54) is 12.0 Å². The summed E-state index contributed by atoms with van der Waals surface area (Å²) in [6.45, 7) is 3.86. The molecule has 0 saturated heterocycles. The Morgan fingerprint density at radius 2 is 1.63 bits per heavy atom. The maximum Gasteiger partial charge on any atom is 0.244 e. The predicted octanol–water partition coefficient (Wildman–Crippen LogP) is 3.55. The summed E-state index contributed by atoms with van der Waals surface area (Å²) in [6.07, 6.45) is 1.33. The number of nitrogens with one attached hydrogen (secondary N) is 1. The van der Waals surface area contributed by atoms with Crippen LogP contribution in [0.5, 0.6) is 5.75 Å². The molecule has 0 aromatic heterocycles. The molecule has 0 aliphatic rings. The number of amides is 2. The molecule has 1 unspecified atom stereocenters. The van der Waals surface area contributed by atoms with E-state index in [1.807, 2.05) is 68.4 Å². The van der Waals surface area contributed by atoms with Gasteiger partial charge in [-0.05, 0) is 37.1 Å². The van der Waals surface area contributed by atoms with Crippen molar-refractivity contribution in [3.05, 3.63) is 95.6 Å². The van der Waals surface area contributed by atoms with Crippen LogP contribution in [0, 0.1) is 6.92 Å². The summed E-state index contributed by atoms with van der Waals surface area (Å²) < 4.78 is 31.9. The highest BCUT2D eigenvalue weighted by molar-refractivity contribution is 7.92. The average Bonchev–Trinajstić information content (AvgIpc) is 2.90. The van der Waals surface area contributed by atoms with E-state index >= 15 is 0 Å². The number of likely N-dealkylation sites (N-methyl/N-ethyl adjacent to an activating group) is 1. The largest absolute Gasteiger partial charge is 0.497 e. The number of ether oxygens (including phenoxy) is 1. The second kappa shape index (κ2) is 13.1. The molecule has 3 aromatic rings. The van der Waals surface area contributed by atoms with E-state index in [9.17, 15) is 18.0 Å². The van der Waals surface area contributed by atoms with Crippen LogP contribution in [-0.4, -0.2) is 57.6 Å². The summed E-state index contributed by atoms with van der Waals surface area (Å²) in [7, 11) is -2.35. The molecule has 1 atom stereocenters. The molecule has 0 heterocycles. The minimum absolute atomic E-state index is 0.142. The van der Waals surface area contributed by atoms with Crippen molar-refractivity contribution in [1.29, 1.82) is 0 Å². The Bertz CT molecular complexity index is 1330. The highest BCUT2D eigenvalue weighted by Crippen LogP contribution is 2.24. The third-order valence-electron chi connectivity index (χ3n) is 6.12. The molecule has 202 valence electrons. The maximum atomic E-state index is 13.9. The smallest absolute Gasteiger partial charge is 0.244 e. The third-order valence-corrected chi connectivity index (χ3v) is 7.26. The van der Waals surface area contributed by atoms with Gasteiger partial charge in [-0.3, -0.25) is 13.9 Å². The van der Waals surface area contributed by atoms with E-state index in [4.69, 9.17) is 4.74 Å². The van der Waals surface area contributed by atoms with Crippen molar-refractivity contribution in [2.75, 3.05) is 30.8 Å². The molecule has 0 aliphatic heterocycles. The summed E-state index contributed by atoms with van der Waals surface area (Å²) >= 11 is 0. The van der Waals surface area contributed by atoms with E-state index in [1.54, 1.807) is 24.3 Å². The summed E-state index contributed by atoms with van der Waals surface area (Å²) in [5.74, 6) is -0.334. The van der Waals surface area contributed by atoms with Crippen LogP contribution in [0.25, 0.3) is 0 Å². The number of nitrogens with zero attached hydrogens (tertiary/aromatic N) is 2. The average molecular weight is 538 g/mol. The van der Waals surface area contributed by atoms with Gasteiger partial charge in [0.05, 0.1) is 19.1 Å². The molecule has 3 rings (SSSR count). The number of hydrogen-bond acceptors (Lipinski definition) is 5. The third kappa shape index (κ3) is 7.82. The van der Waals surface area contributed by atoms with Gasteiger partial charge in [-0.1, -0.05) is 66.2 Å². The molecule has 2 amide bonds. The molecule has 3 aromatic carbocycles. The summed E-state index contributed by atoms with van der Waals surface area (Å²) in [5, 5.41) is 2.85. The molecular formula is C29H35N3O5S. The summed E-state index contributed by atoms with van der Waals surface area (Å²) in [4.78, 5) is 28.7. The fraction of sp³-hybridized carbons (Fsp3) is 0.310. The molecule has 0 spiro atoms. The van der Waals surface area contributed by atoms with Crippen molar-refractivity contribution in [1.82, 2.24) is 10.2 Å². The highest BCUT2D eigenvalue weighted by atomic mass is 32.2. The molecule has 9 heteroatoms. The Labute approximate surface area is 225 Å². The SMILES string of the molecule is CCNC(=O)C(Cc1ccccc1)N(Cc1ccc(C)cc1)C(=O)CN(c1cccc(OC)c1)S(C)(=O)=O. The first-order chi connectivity index (χ1) is 18.1. The molecule has 8 nitrogen and oxygen atoms in total. The lowest BCUT2D eigenvalue weighted by Crippen LogP contribution is -2.53. The second-order valence-corrected chi connectivity index (χ2v) is 11.0. The van der Waals surface area contributed by atoms with Crippen molar-refractivity contribution in [3.8, 4) is 5.75 Å². The Morgan fingerprint density at radius 1 is 0.947 bits per heavy atom. The number of rotatable bonds is 12. The lowest BCUT2D eigenvalue weighted by atomic mass is 10.0. The van der Waals surface area contributed by atoms with Crippen molar-refractivity contribution in [2.45, 2.75) is 32.9 Å². The first kappa shape index (κ1) is 28.7. The van der Waals surface area contributed by atoms with Gasteiger partial charge in [-0.15, -0.1) is 0 Å². The molecule has 1 N–H and O–H groups in total. The van der Waals surface area contributed by atoms with Gasteiger partial charge >= 0.3 is 0 Å². The molecule has 0 saturated carbocycles. The van der Waals surface area contributed by atoms with Crippen LogP contribution in [0.15, 0.2) is 78.9 Å². The van der Waals surface area contributed by atoms with E-state index < -0.39 is 28.5 Å². The number of sulfonamides is 1. The van der Waals surface area contributed by atoms with E-state index in [0.717, 1.165) is 27.3 Å². The molecule has 0 aliphatic carbocycles. The quantitative estimate of drug-likeness (QED) is 0.381. The second-order valence-electron chi connectivity index (χ2n) is 9.08. The van der Waals surface area contributed by atoms with E-state index in [-0.39, 0.29) is 18.9 Å². The number of hydrogen-bond donors (Lipinski definition) is 1. The fourth-order valence-electron chi connectivity index (χ4n) is 4.12. The van der Waals surface area contributed by atoms with Crippen molar-refractivity contribution < 1.29 is 22.7 Å². The Hall–Kier alpha value is -3.85. The first-order valence-electron chi connectivity index (χ1n) is 12.4. The van der Waals surface area contributed by atoms with Gasteiger partial charge in [0.2, 0.25) is 21.8 Å². The van der Waals surface area contributed by atoms with E-state index in [2.05, 4.69) is 5.32 Å². The number of carbonyl (C=O) groups is 2. The van der Waals surface area contributed by atoms with Gasteiger partial charge < -0.3 is 15.0 Å². The Morgan fingerprint density at radius 3 is 2.24 bits per heavy atom. The molecule has 0 fully saturated rings. The zero-order valence-corrected chi connectivity index (χ0v) is 23.1. The number of aryl methyl sites for hydroxylation is 1. The minimum Gasteiger partial charge on any atom is -0.497 e. The van der Waals surface area contributed by atoms with Crippen LogP contribution >= 0.6 is 0 Å². The van der Waals surface area contributed by atoms with Gasteiger partial charge in [0.15, 0.2) is 0 Å².